The van der Waals surface area contributed by atoms with Crippen molar-refractivity contribution < 1.29 is 36.9 Å². The first-order valence-electron chi connectivity index (χ1n) is 16.5. The molecule has 6 rings (SSSR count). The number of rotatable bonds is 11. The number of nitrogens with zero attached hydrogens (tertiary/aromatic N) is 5. The third-order valence-electron chi connectivity index (χ3n) is 9.22. The summed E-state index contributed by atoms with van der Waals surface area (Å²) in [6.07, 6.45) is -3.39. The van der Waals surface area contributed by atoms with Crippen molar-refractivity contribution in [2.45, 2.75) is 56.6 Å². The van der Waals surface area contributed by atoms with Crippen LogP contribution in [0.3, 0.4) is 0 Å². The summed E-state index contributed by atoms with van der Waals surface area (Å²) in [4.78, 5) is 28.6. The fourth-order valence-corrected chi connectivity index (χ4v) is 7.19. The number of halogens is 5. The lowest BCUT2D eigenvalue weighted by atomic mass is 9.81. The zero-order valence-electron chi connectivity index (χ0n) is 28.1. The average Bonchev–Trinajstić information content (AvgIpc) is 3.64. The number of carbonyl (C=O) groups excluding carboxylic acids is 1. The normalized spacial score (nSPS) is 21.2. The number of piperazine rings is 2. The molecule has 2 aromatic carbocycles. The van der Waals surface area contributed by atoms with Crippen LogP contribution in [-0.4, -0.2) is 115 Å². The number of benzene rings is 2. The predicted molar refractivity (Wildman–Crippen MR) is 186 cm³/mol. The molecule has 3 aliphatic heterocycles. The van der Waals surface area contributed by atoms with Crippen molar-refractivity contribution in [1.29, 1.82) is 0 Å². The van der Waals surface area contributed by atoms with Crippen molar-refractivity contribution in [2.75, 3.05) is 59.7 Å². The molecule has 4 heterocycles. The second-order valence-corrected chi connectivity index (χ2v) is 12.4. The number of hydrogen-bond acceptors (Lipinski definition) is 9. The molecule has 3 aromatic rings. The predicted octanol–water partition coefficient (Wildman–Crippen LogP) is 5.38. The number of methoxy groups -OCH3 is 1. The Labute approximate surface area is 303 Å². The van der Waals surface area contributed by atoms with Gasteiger partial charge in [-0.05, 0) is 30.9 Å². The Hall–Kier alpha value is -3.36. The van der Waals surface area contributed by atoms with E-state index >= 15 is 0 Å². The highest BCUT2D eigenvalue weighted by Crippen LogP contribution is 2.38. The van der Waals surface area contributed by atoms with Crippen LogP contribution in [0.1, 0.15) is 42.4 Å². The lowest BCUT2D eigenvalue weighted by molar-refractivity contribution is -0.154. The summed E-state index contributed by atoms with van der Waals surface area (Å²) < 4.78 is 62.0. The number of aromatic nitrogens is 2. The van der Waals surface area contributed by atoms with E-state index in [0.29, 0.717) is 44.9 Å². The highest BCUT2D eigenvalue weighted by molar-refractivity contribution is 5.85. The third-order valence-corrected chi connectivity index (χ3v) is 9.22. The number of ether oxygens (including phenoxy) is 4. The molecule has 1 aromatic heterocycles. The minimum atomic E-state index is -4.57. The number of hydrogen-bond donors (Lipinski definition) is 0. The standard InChI is InChI=1S/C35H42F3N5O5.2ClH/c1-3-46-34-39-31(45-2)27(32(40-34)48-23-35(36,37)38)21-41-19-26-20-42(33(44)29-15-10-18-47-29)16-17-43(26)28(22-41)30(24-11-6-4-7-12-24)25-13-8-5-9-14-25;;/h4-9,11-14,26,28-30H,3,10,15-23H2,1-2H3;2*1H/t26-,28+,29-;;/m1../s1. The molecule has 3 saturated heterocycles. The fraction of sp³-hybridized carbons (Fsp3) is 0.514. The highest BCUT2D eigenvalue weighted by Gasteiger charge is 2.44. The van der Waals surface area contributed by atoms with Gasteiger partial charge < -0.3 is 23.8 Å². The van der Waals surface area contributed by atoms with Gasteiger partial charge in [0.25, 0.3) is 5.91 Å². The van der Waals surface area contributed by atoms with Crippen LogP contribution in [0.15, 0.2) is 60.7 Å². The average molecular weight is 743 g/mol. The lowest BCUT2D eigenvalue weighted by Gasteiger charge is -2.53. The lowest BCUT2D eigenvalue weighted by Crippen LogP contribution is -2.67. The first kappa shape index (κ1) is 39.4. The molecular formula is C35H44Cl2F3N5O5. The number of amides is 1. The summed E-state index contributed by atoms with van der Waals surface area (Å²) in [7, 11) is 1.41. The molecule has 0 aliphatic carbocycles. The molecule has 3 atom stereocenters. The molecule has 0 spiro atoms. The number of carbonyl (C=O) groups is 1. The maximum absolute atomic E-state index is 13.5. The van der Waals surface area contributed by atoms with Gasteiger partial charge in [0.2, 0.25) is 11.8 Å². The van der Waals surface area contributed by atoms with Gasteiger partial charge in [0.15, 0.2) is 6.61 Å². The van der Waals surface area contributed by atoms with Gasteiger partial charge in [-0.25, -0.2) is 0 Å². The summed E-state index contributed by atoms with van der Waals surface area (Å²) >= 11 is 0. The minimum Gasteiger partial charge on any atom is -0.481 e. The van der Waals surface area contributed by atoms with Gasteiger partial charge in [-0.3, -0.25) is 14.6 Å². The van der Waals surface area contributed by atoms with E-state index in [0.717, 1.165) is 24.0 Å². The van der Waals surface area contributed by atoms with Crippen molar-refractivity contribution in [3.8, 4) is 17.8 Å². The molecule has 10 nitrogen and oxygen atoms in total. The van der Waals surface area contributed by atoms with Crippen LogP contribution in [0, 0.1) is 0 Å². The van der Waals surface area contributed by atoms with Gasteiger partial charge in [0.1, 0.15) is 6.10 Å². The summed E-state index contributed by atoms with van der Waals surface area (Å²) in [6, 6.07) is 20.5. The zero-order chi connectivity index (χ0) is 33.7. The third kappa shape index (κ3) is 9.29. The second-order valence-electron chi connectivity index (χ2n) is 12.4. The van der Waals surface area contributed by atoms with Gasteiger partial charge in [-0.1, -0.05) is 60.7 Å². The monoisotopic (exact) mass is 741 g/mol. The summed E-state index contributed by atoms with van der Waals surface area (Å²) in [5.41, 5.74) is 2.61. The van der Waals surface area contributed by atoms with Crippen molar-refractivity contribution in [3.05, 3.63) is 77.4 Å². The van der Waals surface area contributed by atoms with Gasteiger partial charge >= 0.3 is 12.2 Å². The van der Waals surface area contributed by atoms with E-state index in [4.69, 9.17) is 18.9 Å². The van der Waals surface area contributed by atoms with Crippen molar-refractivity contribution in [3.63, 3.8) is 0 Å². The number of alkyl halides is 3. The molecule has 0 saturated carbocycles. The Morgan fingerprint density at radius 3 is 2.18 bits per heavy atom. The molecular weight excluding hydrogens is 698 g/mol. The van der Waals surface area contributed by atoms with Crippen LogP contribution in [-0.2, 0) is 16.1 Å². The molecule has 0 N–H and O–H groups in total. The fourth-order valence-electron chi connectivity index (χ4n) is 7.19. The summed E-state index contributed by atoms with van der Waals surface area (Å²) in [6.45, 7) is 4.12. The Bertz CT molecular complexity index is 1480. The summed E-state index contributed by atoms with van der Waals surface area (Å²) in [5, 5.41) is 0. The van der Waals surface area contributed by atoms with E-state index in [1.165, 1.54) is 7.11 Å². The molecule has 0 radical (unpaired) electrons. The largest absolute Gasteiger partial charge is 0.481 e. The minimum absolute atomic E-state index is 0. The van der Waals surface area contributed by atoms with E-state index in [9.17, 15) is 18.0 Å². The van der Waals surface area contributed by atoms with Gasteiger partial charge in [0.05, 0.1) is 19.3 Å². The van der Waals surface area contributed by atoms with E-state index < -0.39 is 18.9 Å². The van der Waals surface area contributed by atoms with Gasteiger partial charge in [-0.15, -0.1) is 24.8 Å². The Balaban J connectivity index is 0.00000281. The Kier molecular flexibility index (Phi) is 14.0. The quantitative estimate of drug-likeness (QED) is 0.257. The second kappa shape index (κ2) is 17.7. The summed E-state index contributed by atoms with van der Waals surface area (Å²) in [5.74, 6) is -0.139. The van der Waals surface area contributed by atoms with Crippen molar-refractivity contribution in [2.24, 2.45) is 0 Å². The molecule has 1 amide bonds. The number of fused-ring (bicyclic) bond motifs is 1. The van der Waals surface area contributed by atoms with Gasteiger partial charge in [-0.2, -0.15) is 23.1 Å². The molecule has 0 unspecified atom stereocenters. The van der Waals surface area contributed by atoms with Crippen LogP contribution in [0.5, 0.6) is 17.8 Å². The molecule has 0 bridgehead atoms. The molecule has 15 heteroatoms. The van der Waals surface area contributed by atoms with Crippen molar-refractivity contribution >= 4 is 30.7 Å². The van der Waals surface area contributed by atoms with Crippen LogP contribution in [0.25, 0.3) is 0 Å². The molecule has 50 heavy (non-hydrogen) atoms. The van der Waals surface area contributed by atoms with E-state index in [2.05, 4.69) is 44.0 Å². The van der Waals surface area contributed by atoms with Crippen LogP contribution < -0.4 is 14.2 Å². The first-order chi connectivity index (χ1) is 23.2. The van der Waals surface area contributed by atoms with Crippen LogP contribution >= 0.6 is 24.8 Å². The molecule has 274 valence electrons. The molecule has 3 aliphatic rings. The Morgan fingerprint density at radius 2 is 1.60 bits per heavy atom. The Morgan fingerprint density at radius 1 is 0.940 bits per heavy atom. The smallest absolute Gasteiger partial charge is 0.422 e. The van der Waals surface area contributed by atoms with E-state index in [-0.39, 0.29) is 79.6 Å². The zero-order valence-corrected chi connectivity index (χ0v) is 29.7. The maximum atomic E-state index is 13.5. The van der Waals surface area contributed by atoms with E-state index in [1.54, 1.807) is 6.92 Å². The van der Waals surface area contributed by atoms with Crippen LogP contribution in [0.4, 0.5) is 13.2 Å². The van der Waals surface area contributed by atoms with E-state index in [1.807, 2.05) is 41.3 Å². The topological polar surface area (TPSA) is 89.5 Å². The SMILES string of the molecule is CCOc1nc(OC)c(CN2C[C@@H]3CN(C(=O)[C@H]4CCCO4)CCN3[C@H](C(c3ccccc3)c3ccccc3)C2)c(OCC(F)(F)F)n1.Cl.Cl. The highest BCUT2D eigenvalue weighted by atomic mass is 35.5. The van der Waals surface area contributed by atoms with Crippen molar-refractivity contribution in [1.82, 2.24) is 24.7 Å². The van der Waals surface area contributed by atoms with Gasteiger partial charge in [0, 0.05) is 63.9 Å². The van der Waals surface area contributed by atoms with Crippen LogP contribution in [0.2, 0.25) is 0 Å². The maximum Gasteiger partial charge on any atom is 0.422 e. The first-order valence-corrected chi connectivity index (χ1v) is 16.5. The molecule has 3 fully saturated rings.